The van der Waals surface area contributed by atoms with Gasteiger partial charge in [-0.25, -0.2) is 0 Å². The summed E-state index contributed by atoms with van der Waals surface area (Å²) in [6, 6.07) is 5.99. The Balaban J connectivity index is 1.52. The first kappa shape index (κ1) is 18.7. The maximum absolute atomic E-state index is 12.2. The second kappa shape index (κ2) is 9.05. The Morgan fingerprint density at radius 1 is 1.23 bits per heavy atom. The molecule has 1 fully saturated rings. The van der Waals surface area contributed by atoms with Crippen LogP contribution in [0.25, 0.3) is 6.08 Å². The minimum atomic E-state index is -0.0790. The zero-order valence-electron chi connectivity index (χ0n) is 15.6. The van der Waals surface area contributed by atoms with Crippen LogP contribution in [0.2, 0.25) is 0 Å². The minimum Gasteiger partial charge on any atom is -0.454 e. The van der Waals surface area contributed by atoms with E-state index in [2.05, 4.69) is 24.1 Å². The smallest absolute Gasteiger partial charge is 0.244 e. The summed E-state index contributed by atoms with van der Waals surface area (Å²) in [4.78, 5) is 14.6. The van der Waals surface area contributed by atoms with Crippen LogP contribution < -0.4 is 14.8 Å². The third-order valence-corrected chi connectivity index (χ3v) is 4.64. The number of carbonyl (C=O) groups is 1. The van der Waals surface area contributed by atoms with Crippen LogP contribution in [-0.4, -0.2) is 56.5 Å². The summed E-state index contributed by atoms with van der Waals surface area (Å²) >= 11 is 0. The normalized spacial score (nSPS) is 18.4. The van der Waals surface area contributed by atoms with E-state index in [1.165, 1.54) is 0 Å². The molecule has 1 aromatic carbocycles. The maximum atomic E-state index is 12.2. The first-order valence-corrected chi connectivity index (χ1v) is 9.29. The van der Waals surface area contributed by atoms with Gasteiger partial charge < -0.3 is 19.5 Å². The molecular formula is C20H28N2O4. The molecule has 6 nitrogen and oxygen atoms in total. The number of ether oxygens (including phenoxy) is 3. The summed E-state index contributed by atoms with van der Waals surface area (Å²) in [5.41, 5.74) is 0.913. The number of morpholine rings is 1. The molecule has 0 radical (unpaired) electrons. The van der Waals surface area contributed by atoms with Crippen molar-refractivity contribution in [2.45, 2.75) is 26.3 Å². The predicted molar refractivity (Wildman–Crippen MR) is 100 cm³/mol. The minimum absolute atomic E-state index is 0.0790. The largest absolute Gasteiger partial charge is 0.454 e. The van der Waals surface area contributed by atoms with Crippen LogP contribution in [-0.2, 0) is 9.53 Å². The summed E-state index contributed by atoms with van der Waals surface area (Å²) in [6.45, 7) is 8.74. The molecule has 1 saturated heterocycles. The third kappa shape index (κ3) is 5.22. The van der Waals surface area contributed by atoms with E-state index in [4.69, 9.17) is 14.2 Å². The molecule has 2 heterocycles. The Labute approximate surface area is 155 Å². The fourth-order valence-corrected chi connectivity index (χ4v) is 3.31. The van der Waals surface area contributed by atoms with E-state index in [0.29, 0.717) is 18.5 Å². The molecule has 6 heteroatoms. The monoisotopic (exact) mass is 360 g/mol. The van der Waals surface area contributed by atoms with Gasteiger partial charge in [-0.1, -0.05) is 19.9 Å². The number of rotatable bonds is 7. The van der Waals surface area contributed by atoms with Gasteiger partial charge in [0.25, 0.3) is 0 Å². The lowest BCUT2D eigenvalue weighted by atomic mass is 10.0. The molecule has 0 bridgehead atoms. The van der Waals surface area contributed by atoms with Crippen molar-refractivity contribution in [3.63, 3.8) is 0 Å². The van der Waals surface area contributed by atoms with Gasteiger partial charge in [0.05, 0.1) is 13.2 Å². The summed E-state index contributed by atoms with van der Waals surface area (Å²) < 4.78 is 16.1. The van der Waals surface area contributed by atoms with Crippen molar-refractivity contribution in [3.05, 3.63) is 29.8 Å². The Kier molecular flexibility index (Phi) is 6.52. The number of hydrogen-bond acceptors (Lipinski definition) is 5. The van der Waals surface area contributed by atoms with Crippen LogP contribution in [0.5, 0.6) is 11.5 Å². The standard InChI is InChI=1S/C20H28N2O4/c1-15(2)11-17(22-7-9-24-10-8-22)13-21-20(23)6-4-16-3-5-18-19(12-16)26-14-25-18/h3-6,12,15,17H,7-11,13-14H2,1-2H3,(H,21,23)/b6-4+. The molecular weight excluding hydrogens is 332 g/mol. The third-order valence-electron chi connectivity index (χ3n) is 4.64. The van der Waals surface area contributed by atoms with E-state index in [9.17, 15) is 4.79 Å². The molecule has 0 spiro atoms. The van der Waals surface area contributed by atoms with Crippen molar-refractivity contribution in [1.82, 2.24) is 10.2 Å². The number of hydrogen-bond donors (Lipinski definition) is 1. The molecule has 1 aromatic rings. The molecule has 0 aromatic heterocycles. The Hall–Kier alpha value is -2.05. The van der Waals surface area contributed by atoms with Gasteiger partial charge in [0.15, 0.2) is 11.5 Å². The number of nitrogens with zero attached hydrogens (tertiary/aromatic N) is 1. The van der Waals surface area contributed by atoms with Crippen molar-refractivity contribution in [2.24, 2.45) is 5.92 Å². The summed E-state index contributed by atoms with van der Waals surface area (Å²) in [5, 5.41) is 3.04. The number of carbonyl (C=O) groups excluding carboxylic acids is 1. The van der Waals surface area contributed by atoms with Gasteiger partial charge in [0.1, 0.15) is 0 Å². The topological polar surface area (TPSA) is 60.0 Å². The van der Waals surface area contributed by atoms with Crippen LogP contribution in [0.3, 0.4) is 0 Å². The Morgan fingerprint density at radius 2 is 2.00 bits per heavy atom. The van der Waals surface area contributed by atoms with Crippen LogP contribution in [0, 0.1) is 5.92 Å². The molecule has 26 heavy (non-hydrogen) atoms. The molecule has 0 saturated carbocycles. The van der Waals surface area contributed by atoms with E-state index >= 15 is 0 Å². The quantitative estimate of drug-likeness (QED) is 0.756. The highest BCUT2D eigenvalue weighted by atomic mass is 16.7. The molecule has 2 aliphatic heterocycles. The summed E-state index contributed by atoms with van der Waals surface area (Å²) in [6.07, 6.45) is 4.43. The molecule has 0 aliphatic carbocycles. The van der Waals surface area contributed by atoms with E-state index in [1.807, 2.05) is 18.2 Å². The second-order valence-corrected chi connectivity index (χ2v) is 7.12. The number of nitrogens with one attached hydrogen (secondary N) is 1. The molecule has 3 rings (SSSR count). The molecule has 1 atom stereocenters. The fraction of sp³-hybridized carbons (Fsp3) is 0.550. The van der Waals surface area contributed by atoms with E-state index in [1.54, 1.807) is 12.2 Å². The van der Waals surface area contributed by atoms with Crippen LogP contribution in [0.15, 0.2) is 24.3 Å². The summed E-state index contributed by atoms with van der Waals surface area (Å²) in [7, 11) is 0. The lowest BCUT2D eigenvalue weighted by Gasteiger charge is -2.35. The molecule has 2 aliphatic rings. The Morgan fingerprint density at radius 3 is 2.77 bits per heavy atom. The SMILES string of the molecule is CC(C)CC(CNC(=O)/C=C/c1ccc2c(c1)OCO2)N1CCOCC1. The molecule has 142 valence electrons. The van der Waals surface area contributed by atoms with Crippen molar-refractivity contribution in [1.29, 1.82) is 0 Å². The first-order valence-electron chi connectivity index (χ1n) is 9.29. The Bertz CT molecular complexity index is 639. The van der Waals surface area contributed by atoms with Gasteiger partial charge in [0, 0.05) is 31.8 Å². The van der Waals surface area contributed by atoms with Crippen molar-refractivity contribution in [3.8, 4) is 11.5 Å². The number of benzene rings is 1. The van der Waals surface area contributed by atoms with Crippen molar-refractivity contribution >= 4 is 12.0 Å². The van der Waals surface area contributed by atoms with Crippen LogP contribution in [0.4, 0.5) is 0 Å². The van der Waals surface area contributed by atoms with Gasteiger partial charge in [-0.2, -0.15) is 0 Å². The van der Waals surface area contributed by atoms with Gasteiger partial charge >= 0.3 is 0 Å². The highest BCUT2D eigenvalue weighted by Crippen LogP contribution is 2.32. The predicted octanol–water partition coefficient (Wildman–Crippen LogP) is 2.29. The van der Waals surface area contributed by atoms with E-state index in [0.717, 1.165) is 49.8 Å². The highest BCUT2D eigenvalue weighted by molar-refractivity contribution is 5.91. The summed E-state index contributed by atoms with van der Waals surface area (Å²) in [5.74, 6) is 1.97. The molecule has 1 unspecified atom stereocenters. The van der Waals surface area contributed by atoms with Crippen LogP contribution >= 0.6 is 0 Å². The van der Waals surface area contributed by atoms with Crippen LogP contribution in [0.1, 0.15) is 25.8 Å². The zero-order valence-corrected chi connectivity index (χ0v) is 15.6. The second-order valence-electron chi connectivity index (χ2n) is 7.12. The lowest BCUT2D eigenvalue weighted by Crippen LogP contribution is -2.49. The van der Waals surface area contributed by atoms with E-state index in [-0.39, 0.29) is 12.7 Å². The average molecular weight is 360 g/mol. The molecule has 1 amide bonds. The van der Waals surface area contributed by atoms with Gasteiger partial charge in [-0.15, -0.1) is 0 Å². The first-order chi connectivity index (χ1) is 12.6. The van der Waals surface area contributed by atoms with Gasteiger partial charge in [-0.3, -0.25) is 9.69 Å². The van der Waals surface area contributed by atoms with Crippen molar-refractivity contribution in [2.75, 3.05) is 39.6 Å². The highest BCUT2D eigenvalue weighted by Gasteiger charge is 2.22. The van der Waals surface area contributed by atoms with Crippen molar-refractivity contribution < 1.29 is 19.0 Å². The fourth-order valence-electron chi connectivity index (χ4n) is 3.31. The van der Waals surface area contributed by atoms with Gasteiger partial charge in [-0.05, 0) is 36.1 Å². The van der Waals surface area contributed by atoms with Gasteiger partial charge in [0.2, 0.25) is 12.7 Å². The number of fused-ring (bicyclic) bond motifs is 1. The maximum Gasteiger partial charge on any atom is 0.244 e. The lowest BCUT2D eigenvalue weighted by molar-refractivity contribution is -0.116. The van der Waals surface area contributed by atoms with E-state index < -0.39 is 0 Å². The molecule has 1 N–H and O–H groups in total. The average Bonchev–Trinajstić information content (AvgIpc) is 3.11. The zero-order chi connectivity index (χ0) is 18.4. The number of amides is 1.